The van der Waals surface area contributed by atoms with E-state index in [0.29, 0.717) is 5.69 Å². The third kappa shape index (κ3) is 3.13. The molecule has 0 aliphatic carbocycles. The summed E-state index contributed by atoms with van der Waals surface area (Å²) in [6.07, 6.45) is 1.68. The Bertz CT molecular complexity index is 906. The van der Waals surface area contributed by atoms with Crippen LogP contribution in [0.15, 0.2) is 53.5 Å². The number of aliphatic imine (C=N–C) groups is 1. The number of benzene rings is 2. The third-order valence-corrected chi connectivity index (χ3v) is 4.02. The second kappa shape index (κ2) is 6.40. The maximum Gasteiger partial charge on any atom is 0.160 e. The first kappa shape index (κ1) is 16.1. The van der Waals surface area contributed by atoms with Gasteiger partial charge in [-0.2, -0.15) is 0 Å². The van der Waals surface area contributed by atoms with E-state index in [2.05, 4.69) is 40.7 Å². The minimum Gasteiger partial charge on any atom is -0.318 e. The first-order valence-corrected chi connectivity index (χ1v) is 7.71. The smallest absolute Gasteiger partial charge is 0.160 e. The fourth-order valence-corrected chi connectivity index (χ4v) is 2.72. The van der Waals surface area contributed by atoms with Crippen LogP contribution in [0.2, 0.25) is 0 Å². The van der Waals surface area contributed by atoms with Crippen LogP contribution >= 0.6 is 0 Å². The van der Waals surface area contributed by atoms with E-state index in [0.717, 1.165) is 34.8 Å². The van der Waals surface area contributed by atoms with Gasteiger partial charge in [0, 0.05) is 34.9 Å². The third-order valence-electron chi connectivity index (χ3n) is 4.02. The Morgan fingerprint density at radius 1 is 0.875 bits per heavy atom. The highest BCUT2D eigenvalue weighted by atomic mass is 19.2. The van der Waals surface area contributed by atoms with Gasteiger partial charge >= 0.3 is 0 Å². The Balaban J connectivity index is 1.95. The summed E-state index contributed by atoms with van der Waals surface area (Å²) in [7, 11) is 0. The van der Waals surface area contributed by atoms with Gasteiger partial charge in [0.2, 0.25) is 0 Å². The SMILES string of the molecule is Cc1ccc(-n2c(C)cc(C=Nc3ccc(F)c(F)c3)c2C)cc1. The first-order chi connectivity index (χ1) is 11.5. The van der Waals surface area contributed by atoms with Crippen molar-refractivity contribution >= 4 is 11.9 Å². The van der Waals surface area contributed by atoms with E-state index >= 15 is 0 Å². The predicted molar refractivity (Wildman–Crippen MR) is 93.6 cm³/mol. The molecule has 122 valence electrons. The van der Waals surface area contributed by atoms with Crippen LogP contribution in [0.1, 0.15) is 22.5 Å². The van der Waals surface area contributed by atoms with E-state index in [9.17, 15) is 8.78 Å². The molecule has 3 aromatic rings. The topological polar surface area (TPSA) is 17.3 Å². The molecule has 1 heterocycles. The number of aromatic nitrogens is 1. The maximum atomic E-state index is 13.3. The molecule has 0 fully saturated rings. The molecule has 24 heavy (non-hydrogen) atoms. The van der Waals surface area contributed by atoms with Crippen molar-refractivity contribution in [3.05, 3.63) is 82.7 Å². The monoisotopic (exact) mass is 324 g/mol. The zero-order valence-corrected chi connectivity index (χ0v) is 13.8. The van der Waals surface area contributed by atoms with E-state index in [1.807, 2.05) is 19.9 Å². The van der Waals surface area contributed by atoms with E-state index in [-0.39, 0.29) is 0 Å². The molecular formula is C20H18F2N2. The Morgan fingerprint density at radius 3 is 2.25 bits per heavy atom. The lowest BCUT2D eigenvalue weighted by molar-refractivity contribution is 0.509. The first-order valence-electron chi connectivity index (χ1n) is 7.71. The Morgan fingerprint density at radius 2 is 1.58 bits per heavy atom. The van der Waals surface area contributed by atoms with Gasteiger partial charge in [-0.3, -0.25) is 4.99 Å². The van der Waals surface area contributed by atoms with Gasteiger partial charge in [-0.25, -0.2) is 8.78 Å². The van der Waals surface area contributed by atoms with Gasteiger partial charge in [-0.05, 0) is 51.1 Å². The summed E-state index contributed by atoms with van der Waals surface area (Å²) in [4.78, 5) is 4.26. The van der Waals surface area contributed by atoms with Gasteiger partial charge in [-0.15, -0.1) is 0 Å². The predicted octanol–water partition coefficient (Wildman–Crippen LogP) is 5.43. The summed E-state index contributed by atoms with van der Waals surface area (Å²) in [5.74, 6) is -1.76. The summed E-state index contributed by atoms with van der Waals surface area (Å²) in [5.41, 5.74) is 5.75. The number of rotatable bonds is 3. The van der Waals surface area contributed by atoms with Crippen LogP contribution in [0.4, 0.5) is 14.5 Å². The maximum absolute atomic E-state index is 13.3. The molecule has 0 saturated heterocycles. The van der Waals surface area contributed by atoms with E-state index in [1.54, 1.807) is 6.21 Å². The van der Waals surface area contributed by atoms with Crippen molar-refractivity contribution in [3.8, 4) is 5.69 Å². The summed E-state index contributed by atoms with van der Waals surface area (Å²) < 4.78 is 28.4. The fraction of sp³-hybridized carbons (Fsp3) is 0.150. The molecule has 0 N–H and O–H groups in total. The van der Waals surface area contributed by atoms with E-state index < -0.39 is 11.6 Å². The average Bonchev–Trinajstić information content (AvgIpc) is 2.84. The van der Waals surface area contributed by atoms with Gasteiger partial charge in [0.15, 0.2) is 11.6 Å². The molecule has 2 nitrogen and oxygen atoms in total. The van der Waals surface area contributed by atoms with Gasteiger partial charge in [0.05, 0.1) is 5.69 Å². The zero-order valence-electron chi connectivity index (χ0n) is 13.8. The van der Waals surface area contributed by atoms with Crippen molar-refractivity contribution < 1.29 is 8.78 Å². The summed E-state index contributed by atoms with van der Waals surface area (Å²) in [6, 6.07) is 13.9. The number of hydrogen-bond donors (Lipinski definition) is 0. The molecule has 4 heteroatoms. The molecule has 3 rings (SSSR count). The zero-order chi connectivity index (χ0) is 17.3. The quantitative estimate of drug-likeness (QED) is 0.572. The molecule has 0 aliphatic rings. The Labute approximate surface area is 140 Å². The van der Waals surface area contributed by atoms with Crippen LogP contribution in [0.3, 0.4) is 0 Å². The van der Waals surface area contributed by atoms with Gasteiger partial charge in [0.1, 0.15) is 0 Å². The number of halogens is 2. The minimum atomic E-state index is -0.894. The Kier molecular flexibility index (Phi) is 4.30. The molecule has 0 bridgehead atoms. The summed E-state index contributed by atoms with van der Waals surface area (Å²) >= 11 is 0. The van der Waals surface area contributed by atoms with Crippen LogP contribution in [0.5, 0.6) is 0 Å². The highest BCUT2D eigenvalue weighted by Gasteiger charge is 2.09. The van der Waals surface area contributed by atoms with Crippen molar-refractivity contribution in [2.24, 2.45) is 4.99 Å². The highest BCUT2D eigenvalue weighted by Crippen LogP contribution is 2.21. The number of nitrogens with zero attached hydrogens (tertiary/aromatic N) is 2. The highest BCUT2D eigenvalue weighted by molar-refractivity contribution is 5.84. The lowest BCUT2D eigenvalue weighted by atomic mass is 10.2. The number of aryl methyl sites for hydroxylation is 2. The minimum absolute atomic E-state index is 0.383. The lowest BCUT2D eigenvalue weighted by Gasteiger charge is -2.09. The van der Waals surface area contributed by atoms with Crippen molar-refractivity contribution in [1.29, 1.82) is 0 Å². The largest absolute Gasteiger partial charge is 0.318 e. The standard InChI is InChI=1S/C20H18F2N2/c1-13-4-7-18(8-5-13)24-14(2)10-16(15(24)3)12-23-17-6-9-19(21)20(22)11-17/h4-12H,1-3H3. The molecule has 2 aromatic carbocycles. The molecular weight excluding hydrogens is 306 g/mol. The van der Waals surface area contributed by atoms with E-state index in [1.165, 1.54) is 11.6 Å². The second-order valence-electron chi connectivity index (χ2n) is 5.85. The van der Waals surface area contributed by atoms with Crippen LogP contribution < -0.4 is 0 Å². The molecule has 0 spiro atoms. The molecule has 0 radical (unpaired) electrons. The van der Waals surface area contributed by atoms with E-state index in [4.69, 9.17) is 0 Å². The van der Waals surface area contributed by atoms with Crippen molar-refractivity contribution in [1.82, 2.24) is 4.57 Å². The summed E-state index contributed by atoms with van der Waals surface area (Å²) in [5, 5.41) is 0. The second-order valence-corrected chi connectivity index (χ2v) is 5.85. The number of hydrogen-bond acceptors (Lipinski definition) is 1. The van der Waals surface area contributed by atoms with Crippen molar-refractivity contribution in [2.45, 2.75) is 20.8 Å². The van der Waals surface area contributed by atoms with Crippen LogP contribution in [0.25, 0.3) is 5.69 Å². The van der Waals surface area contributed by atoms with Crippen molar-refractivity contribution in [3.63, 3.8) is 0 Å². The van der Waals surface area contributed by atoms with Gasteiger partial charge in [0.25, 0.3) is 0 Å². The molecule has 1 aromatic heterocycles. The molecule has 0 amide bonds. The fourth-order valence-electron chi connectivity index (χ4n) is 2.72. The Hall–Kier alpha value is -2.75. The van der Waals surface area contributed by atoms with Crippen LogP contribution in [-0.4, -0.2) is 10.8 Å². The van der Waals surface area contributed by atoms with Crippen LogP contribution in [0, 0.1) is 32.4 Å². The molecule has 0 atom stereocenters. The molecule has 0 aliphatic heterocycles. The van der Waals surface area contributed by atoms with Crippen molar-refractivity contribution in [2.75, 3.05) is 0 Å². The molecule has 0 saturated carbocycles. The average molecular weight is 324 g/mol. The molecule has 0 unspecified atom stereocenters. The van der Waals surface area contributed by atoms with Crippen LogP contribution in [-0.2, 0) is 0 Å². The normalized spacial score (nSPS) is 11.4. The van der Waals surface area contributed by atoms with Gasteiger partial charge < -0.3 is 4.57 Å². The summed E-state index contributed by atoms with van der Waals surface area (Å²) in [6.45, 7) is 6.10. The van der Waals surface area contributed by atoms with Gasteiger partial charge in [-0.1, -0.05) is 17.7 Å². The lowest BCUT2D eigenvalue weighted by Crippen LogP contribution is -1.99.